The lowest BCUT2D eigenvalue weighted by Crippen LogP contribution is -2.50. The third-order valence-electron chi connectivity index (χ3n) is 4.07. The van der Waals surface area contributed by atoms with Crippen LogP contribution in [0.4, 0.5) is 0 Å². The molecule has 1 aliphatic carbocycles. The van der Waals surface area contributed by atoms with E-state index in [1.54, 1.807) is 0 Å². The Labute approximate surface area is 129 Å². The smallest absolute Gasteiger partial charge is 0.316 e. The summed E-state index contributed by atoms with van der Waals surface area (Å²) in [4.78, 5) is 34.1. The third kappa shape index (κ3) is 3.35. The van der Waals surface area contributed by atoms with Gasteiger partial charge >= 0.3 is 6.01 Å². The van der Waals surface area contributed by atoms with Crippen molar-refractivity contribution in [1.82, 2.24) is 20.2 Å². The van der Waals surface area contributed by atoms with Crippen LogP contribution in [0.2, 0.25) is 0 Å². The fourth-order valence-electron chi connectivity index (χ4n) is 2.69. The molecule has 0 aromatic carbocycles. The molecular formula is C15H20N4O3. The Bertz CT molecular complexity index is 556. The summed E-state index contributed by atoms with van der Waals surface area (Å²) in [5, 5.41) is 2.96. The molecule has 118 valence electrons. The van der Waals surface area contributed by atoms with Crippen LogP contribution in [0.15, 0.2) is 12.4 Å². The molecule has 0 unspecified atom stereocenters. The van der Waals surface area contributed by atoms with Crippen LogP contribution in [0.3, 0.4) is 0 Å². The number of methoxy groups -OCH3 is 1. The third-order valence-corrected chi connectivity index (χ3v) is 4.07. The number of carbonyl (C=O) groups excluding carboxylic acids is 2. The SMILES string of the molecule is COc1ncc(C(=O)N[C@@H]2CCCN(C(=O)C3CC3)C2)cn1. The van der Waals surface area contributed by atoms with Gasteiger partial charge in [-0.25, -0.2) is 9.97 Å². The first-order valence-electron chi connectivity index (χ1n) is 7.63. The molecule has 2 heterocycles. The van der Waals surface area contributed by atoms with Crippen molar-refractivity contribution in [3.63, 3.8) is 0 Å². The van der Waals surface area contributed by atoms with E-state index < -0.39 is 0 Å². The quantitative estimate of drug-likeness (QED) is 0.881. The van der Waals surface area contributed by atoms with Crippen molar-refractivity contribution in [2.24, 2.45) is 5.92 Å². The Balaban J connectivity index is 1.56. The van der Waals surface area contributed by atoms with Crippen LogP contribution in [0.25, 0.3) is 0 Å². The zero-order valence-corrected chi connectivity index (χ0v) is 12.6. The molecule has 3 rings (SSSR count). The van der Waals surface area contributed by atoms with Gasteiger partial charge in [0.05, 0.1) is 12.7 Å². The Morgan fingerprint density at radius 3 is 2.64 bits per heavy atom. The van der Waals surface area contributed by atoms with Gasteiger partial charge in [0.2, 0.25) is 5.91 Å². The molecule has 0 bridgehead atoms. The minimum atomic E-state index is -0.214. The Morgan fingerprint density at radius 1 is 1.27 bits per heavy atom. The molecule has 1 N–H and O–H groups in total. The lowest BCUT2D eigenvalue weighted by Gasteiger charge is -2.33. The summed E-state index contributed by atoms with van der Waals surface area (Å²) in [5.41, 5.74) is 0.395. The highest BCUT2D eigenvalue weighted by Gasteiger charge is 2.35. The Morgan fingerprint density at radius 2 is 2.00 bits per heavy atom. The molecule has 1 atom stereocenters. The van der Waals surface area contributed by atoms with Crippen LogP contribution >= 0.6 is 0 Å². The molecular weight excluding hydrogens is 284 g/mol. The summed E-state index contributed by atoms with van der Waals surface area (Å²) in [5.74, 6) is 0.254. The standard InChI is InChI=1S/C15H20N4O3/c1-22-15-16-7-11(8-17-15)13(20)18-12-3-2-6-19(9-12)14(21)10-4-5-10/h7-8,10,12H,2-6,9H2,1H3,(H,18,20)/t12-/m1/s1. The van der Waals surface area contributed by atoms with E-state index in [9.17, 15) is 9.59 Å². The van der Waals surface area contributed by atoms with E-state index in [1.807, 2.05) is 4.90 Å². The second-order valence-electron chi connectivity index (χ2n) is 5.83. The van der Waals surface area contributed by atoms with Crippen molar-refractivity contribution in [2.45, 2.75) is 31.7 Å². The number of hydrogen-bond donors (Lipinski definition) is 1. The zero-order chi connectivity index (χ0) is 15.5. The van der Waals surface area contributed by atoms with Gasteiger partial charge in [-0.15, -0.1) is 0 Å². The maximum absolute atomic E-state index is 12.2. The summed E-state index contributed by atoms with van der Waals surface area (Å²) in [6, 6.07) is 0.224. The monoisotopic (exact) mass is 304 g/mol. The van der Waals surface area contributed by atoms with Crippen LogP contribution in [-0.4, -0.2) is 52.9 Å². The molecule has 7 nitrogen and oxygen atoms in total. The Hall–Kier alpha value is -2.18. The summed E-state index contributed by atoms with van der Waals surface area (Å²) in [6.07, 6.45) is 6.71. The number of nitrogens with zero attached hydrogens (tertiary/aromatic N) is 3. The van der Waals surface area contributed by atoms with E-state index in [1.165, 1.54) is 19.5 Å². The molecule has 1 saturated carbocycles. The number of aromatic nitrogens is 2. The summed E-state index contributed by atoms with van der Waals surface area (Å²) in [6.45, 7) is 1.39. The second-order valence-corrected chi connectivity index (χ2v) is 5.83. The second kappa shape index (κ2) is 6.29. The van der Waals surface area contributed by atoms with Crippen molar-refractivity contribution in [2.75, 3.05) is 20.2 Å². The number of hydrogen-bond acceptors (Lipinski definition) is 5. The van der Waals surface area contributed by atoms with E-state index in [0.29, 0.717) is 12.1 Å². The van der Waals surface area contributed by atoms with Crippen molar-refractivity contribution in [3.05, 3.63) is 18.0 Å². The molecule has 2 amide bonds. The maximum atomic E-state index is 12.2. The van der Waals surface area contributed by atoms with E-state index in [-0.39, 0.29) is 29.8 Å². The molecule has 0 spiro atoms. The molecule has 7 heteroatoms. The topological polar surface area (TPSA) is 84.4 Å². The van der Waals surface area contributed by atoms with Gasteiger partial charge in [-0.05, 0) is 25.7 Å². The molecule has 22 heavy (non-hydrogen) atoms. The first kappa shape index (κ1) is 14.7. The van der Waals surface area contributed by atoms with Crippen molar-refractivity contribution in [3.8, 4) is 6.01 Å². The van der Waals surface area contributed by atoms with Crippen molar-refractivity contribution in [1.29, 1.82) is 0 Å². The fourth-order valence-corrected chi connectivity index (χ4v) is 2.69. The zero-order valence-electron chi connectivity index (χ0n) is 12.6. The van der Waals surface area contributed by atoms with Gasteiger partial charge in [-0.3, -0.25) is 9.59 Å². The fraction of sp³-hybridized carbons (Fsp3) is 0.600. The summed E-state index contributed by atoms with van der Waals surface area (Å²) < 4.78 is 4.87. The van der Waals surface area contributed by atoms with Crippen LogP contribution in [0, 0.1) is 5.92 Å². The van der Waals surface area contributed by atoms with Crippen LogP contribution < -0.4 is 10.1 Å². The predicted molar refractivity (Wildman–Crippen MR) is 78.4 cm³/mol. The highest BCUT2D eigenvalue weighted by atomic mass is 16.5. The number of piperidine rings is 1. The number of rotatable bonds is 4. The maximum Gasteiger partial charge on any atom is 0.316 e. The molecule has 1 aromatic heterocycles. The van der Waals surface area contributed by atoms with E-state index >= 15 is 0 Å². The number of amides is 2. The van der Waals surface area contributed by atoms with Crippen LogP contribution in [0.1, 0.15) is 36.0 Å². The van der Waals surface area contributed by atoms with Crippen molar-refractivity contribution >= 4 is 11.8 Å². The van der Waals surface area contributed by atoms with E-state index in [4.69, 9.17) is 4.74 Å². The van der Waals surface area contributed by atoms with Gasteiger partial charge in [-0.1, -0.05) is 0 Å². The van der Waals surface area contributed by atoms with Gasteiger partial charge in [0, 0.05) is 37.4 Å². The molecule has 2 fully saturated rings. The highest BCUT2D eigenvalue weighted by Crippen LogP contribution is 2.31. The van der Waals surface area contributed by atoms with Crippen molar-refractivity contribution < 1.29 is 14.3 Å². The van der Waals surface area contributed by atoms with Crippen LogP contribution in [0.5, 0.6) is 6.01 Å². The predicted octanol–water partition coefficient (Wildman–Crippen LogP) is 0.616. The lowest BCUT2D eigenvalue weighted by molar-refractivity contribution is -0.133. The molecule has 1 saturated heterocycles. The molecule has 1 aliphatic heterocycles. The van der Waals surface area contributed by atoms with Gasteiger partial charge in [-0.2, -0.15) is 0 Å². The number of ether oxygens (including phenoxy) is 1. The average Bonchev–Trinajstić information content (AvgIpc) is 3.39. The normalized spacial score (nSPS) is 21.3. The number of likely N-dealkylation sites (tertiary alicyclic amines) is 1. The molecule has 0 radical (unpaired) electrons. The number of carbonyl (C=O) groups is 2. The highest BCUT2D eigenvalue weighted by molar-refractivity contribution is 5.93. The average molecular weight is 304 g/mol. The van der Waals surface area contributed by atoms with Gasteiger partial charge in [0.1, 0.15) is 0 Å². The van der Waals surface area contributed by atoms with Gasteiger partial charge in [0.25, 0.3) is 5.91 Å². The molecule has 1 aromatic rings. The van der Waals surface area contributed by atoms with Gasteiger partial charge in [0.15, 0.2) is 0 Å². The summed E-state index contributed by atoms with van der Waals surface area (Å²) >= 11 is 0. The Kier molecular flexibility index (Phi) is 4.22. The molecule has 2 aliphatic rings. The number of nitrogens with one attached hydrogen (secondary N) is 1. The first-order chi connectivity index (χ1) is 10.7. The van der Waals surface area contributed by atoms with Gasteiger partial charge < -0.3 is 15.0 Å². The van der Waals surface area contributed by atoms with Crippen LogP contribution in [-0.2, 0) is 4.79 Å². The lowest BCUT2D eigenvalue weighted by atomic mass is 10.0. The minimum absolute atomic E-state index is 0.00829. The first-order valence-corrected chi connectivity index (χ1v) is 7.63. The summed E-state index contributed by atoms with van der Waals surface area (Å²) in [7, 11) is 1.47. The minimum Gasteiger partial charge on any atom is -0.467 e. The largest absolute Gasteiger partial charge is 0.467 e. The van der Waals surface area contributed by atoms with E-state index in [2.05, 4.69) is 15.3 Å². The van der Waals surface area contributed by atoms with E-state index in [0.717, 1.165) is 32.2 Å².